The van der Waals surface area contributed by atoms with Crippen molar-refractivity contribution in [3.63, 3.8) is 0 Å². The Hall–Kier alpha value is -2.34. The van der Waals surface area contributed by atoms with Crippen molar-refractivity contribution in [1.82, 2.24) is 14.7 Å². The van der Waals surface area contributed by atoms with Crippen LogP contribution in [0.5, 0.6) is 0 Å². The largest absolute Gasteiger partial charge is 0.368 e. The topological polar surface area (TPSA) is 58.4 Å². The van der Waals surface area contributed by atoms with Crippen LogP contribution in [-0.4, -0.2) is 46.8 Å². The highest BCUT2D eigenvalue weighted by molar-refractivity contribution is 6.30. The minimum absolute atomic E-state index is 0.0834. The van der Waals surface area contributed by atoms with Gasteiger partial charge in [0.1, 0.15) is 5.69 Å². The lowest BCUT2D eigenvalue weighted by Crippen LogP contribution is -2.49. The Labute approximate surface area is 151 Å². The third-order valence-electron chi connectivity index (χ3n) is 4.27. The minimum Gasteiger partial charge on any atom is -0.368 e. The molecule has 1 fully saturated rings. The lowest BCUT2D eigenvalue weighted by Gasteiger charge is -2.36. The molecule has 0 aliphatic carbocycles. The maximum Gasteiger partial charge on any atom is 0.274 e. The normalized spacial score (nSPS) is 14.9. The molecule has 2 heterocycles. The van der Waals surface area contributed by atoms with Crippen molar-refractivity contribution in [3.05, 3.63) is 57.5 Å². The molecule has 2 aromatic rings. The molecule has 25 heavy (non-hydrogen) atoms. The fraction of sp³-hybridized carbons (Fsp3) is 0.389. The molecule has 1 saturated heterocycles. The molecule has 0 N–H and O–H groups in total. The number of piperazine rings is 1. The van der Waals surface area contributed by atoms with Crippen LogP contribution in [0.15, 0.2) is 41.2 Å². The Morgan fingerprint density at radius 1 is 1.12 bits per heavy atom. The number of nitrogens with zero attached hydrogens (tertiary/aromatic N) is 4. The van der Waals surface area contributed by atoms with Crippen molar-refractivity contribution in [1.29, 1.82) is 0 Å². The van der Waals surface area contributed by atoms with Gasteiger partial charge in [-0.3, -0.25) is 9.59 Å². The first-order valence-electron chi connectivity index (χ1n) is 8.35. The number of benzene rings is 1. The highest BCUT2D eigenvalue weighted by Crippen LogP contribution is 2.21. The molecule has 0 saturated carbocycles. The van der Waals surface area contributed by atoms with Gasteiger partial charge in [-0.1, -0.05) is 17.7 Å². The van der Waals surface area contributed by atoms with E-state index in [1.54, 1.807) is 4.90 Å². The quantitative estimate of drug-likeness (QED) is 0.843. The predicted octanol–water partition coefficient (Wildman–Crippen LogP) is 2.44. The Balaban J connectivity index is 1.69. The second-order valence-corrected chi connectivity index (χ2v) is 6.79. The van der Waals surface area contributed by atoms with E-state index in [4.69, 9.17) is 11.6 Å². The van der Waals surface area contributed by atoms with Crippen LogP contribution in [-0.2, 0) is 0 Å². The maximum atomic E-state index is 12.7. The molecule has 0 radical (unpaired) electrons. The average molecular weight is 361 g/mol. The van der Waals surface area contributed by atoms with Crippen LogP contribution in [0.4, 0.5) is 5.69 Å². The summed E-state index contributed by atoms with van der Waals surface area (Å²) < 4.78 is 1.34. The van der Waals surface area contributed by atoms with E-state index < -0.39 is 0 Å². The van der Waals surface area contributed by atoms with Crippen LogP contribution in [0.3, 0.4) is 0 Å². The summed E-state index contributed by atoms with van der Waals surface area (Å²) in [5.74, 6) is -0.139. The molecule has 0 bridgehead atoms. The van der Waals surface area contributed by atoms with Gasteiger partial charge in [0.25, 0.3) is 11.5 Å². The Morgan fingerprint density at radius 3 is 2.48 bits per heavy atom. The van der Waals surface area contributed by atoms with Gasteiger partial charge in [0.2, 0.25) is 0 Å². The summed E-state index contributed by atoms with van der Waals surface area (Å²) in [7, 11) is 0. The number of hydrogen-bond acceptors (Lipinski definition) is 4. The standard InChI is InChI=1S/C18H21ClN4O2/c1-13(2)23-17(24)7-6-16(20-23)18(25)22-10-8-21(9-11-22)15-5-3-4-14(19)12-15/h3-7,12-13H,8-11H2,1-2H3. The molecular formula is C18H21ClN4O2. The van der Waals surface area contributed by atoms with Gasteiger partial charge in [0.15, 0.2) is 0 Å². The molecule has 0 atom stereocenters. The minimum atomic E-state index is -0.197. The van der Waals surface area contributed by atoms with E-state index in [-0.39, 0.29) is 17.5 Å². The van der Waals surface area contributed by atoms with Crippen LogP contribution in [0.2, 0.25) is 5.02 Å². The van der Waals surface area contributed by atoms with E-state index in [9.17, 15) is 9.59 Å². The van der Waals surface area contributed by atoms with Gasteiger partial charge in [0, 0.05) is 43.0 Å². The van der Waals surface area contributed by atoms with Crippen LogP contribution in [0.25, 0.3) is 0 Å². The van der Waals surface area contributed by atoms with Gasteiger partial charge >= 0.3 is 0 Å². The summed E-state index contributed by atoms with van der Waals surface area (Å²) in [5, 5.41) is 4.92. The number of carbonyl (C=O) groups is 1. The number of anilines is 1. The van der Waals surface area contributed by atoms with Gasteiger partial charge in [-0.15, -0.1) is 0 Å². The van der Waals surface area contributed by atoms with Crippen molar-refractivity contribution >= 4 is 23.2 Å². The van der Waals surface area contributed by atoms with Crippen molar-refractivity contribution in [3.8, 4) is 0 Å². The number of carbonyl (C=O) groups excluding carboxylic acids is 1. The Morgan fingerprint density at radius 2 is 1.84 bits per heavy atom. The Bertz CT molecular complexity index is 826. The van der Waals surface area contributed by atoms with Crippen molar-refractivity contribution in [2.45, 2.75) is 19.9 Å². The van der Waals surface area contributed by atoms with E-state index in [1.165, 1.54) is 16.8 Å². The van der Waals surface area contributed by atoms with Gasteiger partial charge in [0.05, 0.1) is 6.04 Å². The molecule has 1 aliphatic heterocycles. The van der Waals surface area contributed by atoms with E-state index in [1.807, 2.05) is 38.1 Å². The fourth-order valence-electron chi connectivity index (χ4n) is 2.91. The molecule has 6 nitrogen and oxygen atoms in total. The average Bonchev–Trinajstić information content (AvgIpc) is 2.61. The third kappa shape index (κ3) is 3.85. The van der Waals surface area contributed by atoms with E-state index in [0.717, 1.165) is 18.8 Å². The monoisotopic (exact) mass is 360 g/mol. The molecule has 7 heteroatoms. The second-order valence-electron chi connectivity index (χ2n) is 6.35. The molecule has 3 rings (SSSR count). The van der Waals surface area contributed by atoms with Gasteiger partial charge in [-0.2, -0.15) is 5.10 Å². The van der Waals surface area contributed by atoms with Gasteiger partial charge < -0.3 is 9.80 Å². The zero-order chi connectivity index (χ0) is 18.0. The van der Waals surface area contributed by atoms with E-state index >= 15 is 0 Å². The van der Waals surface area contributed by atoms with Crippen LogP contribution < -0.4 is 10.5 Å². The van der Waals surface area contributed by atoms with E-state index in [2.05, 4.69) is 10.00 Å². The molecular weight excluding hydrogens is 340 g/mol. The molecule has 0 unspecified atom stereocenters. The molecule has 0 spiro atoms. The smallest absolute Gasteiger partial charge is 0.274 e. The van der Waals surface area contributed by atoms with Crippen LogP contribution in [0, 0.1) is 0 Å². The third-order valence-corrected chi connectivity index (χ3v) is 4.51. The molecule has 132 valence electrons. The SMILES string of the molecule is CC(C)n1nc(C(=O)N2CCN(c3cccc(Cl)c3)CC2)ccc1=O. The highest BCUT2D eigenvalue weighted by Gasteiger charge is 2.24. The summed E-state index contributed by atoms with van der Waals surface area (Å²) in [6.45, 7) is 6.41. The van der Waals surface area contributed by atoms with Crippen LogP contribution >= 0.6 is 11.6 Å². The number of amides is 1. The zero-order valence-electron chi connectivity index (χ0n) is 14.4. The fourth-order valence-corrected chi connectivity index (χ4v) is 3.10. The number of halogens is 1. The first-order valence-corrected chi connectivity index (χ1v) is 8.73. The first-order chi connectivity index (χ1) is 12.0. The molecule has 1 aromatic carbocycles. The second kappa shape index (κ2) is 7.27. The van der Waals surface area contributed by atoms with Crippen molar-refractivity contribution in [2.24, 2.45) is 0 Å². The maximum absolute atomic E-state index is 12.7. The summed E-state index contributed by atoms with van der Waals surface area (Å²) in [6, 6.07) is 10.5. The van der Waals surface area contributed by atoms with Gasteiger partial charge in [-0.25, -0.2) is 4.68 Å². The molecule has 1 aromatic heterocycles. The van der Waals surface area contributed by atoms with Gasteiger partial charge in [-0.05, 0) is 38.1 Å². The number of hydrogen-bond donors (Lipinski definition) is 0. The van der Waals surface area contributed by atoms with Crippen molar-refractivity contribution < 1.29 is 4.79 Å². The number of rotatable bonds is 3. The molecule has 1 aliphatic rings. The summed E-state index contributed by atoms with van der Waals surface area (Å²) in [5.41, 5.74) is 1.17. The highest BCUT2D eigenvalue weighted by atomic mass is 35.5. The lowest BCUT2D eigenvalue weighted by atomic mass is 10.2. The zero-order valence-corrected chi connectivity index (χ0v) is 15.1. The van der Waals surface area contributed by atoms with E-state index in [0.29, 0.717) is 23.8 Å². The summed E-state index contributed by atoms with van der Waals surface area (Å²) in [6.07, 6.45) is 0. The lowest BCUT2D eigenvalue weighted by molar-refractivity contribution is 0.0737. The Kier molecular flexibility index (Phi) is 5.08. The molecule has 1 amide bonds. The van der Waals surface area contributed by atoms with Crippen LogP contribution in [0.1, 0.15) is 30.4 Å². The summed E-state index contributed by atoms with van der Waals surface area (Å²) in [4.78, 5) is 28.5. The predicted molar refractivity (Wildman–Crippen MR) is 98.5 cm³/mol. The number of aromatic nitrogens is 2. The van der Waals surface area contributed by atoms with Crippen molar-refractivity contribution in [2.75, 3.05) is 31.1 Å². The first kappa shape index (κ1) is 17.5. The summed E-state index contributed by atoms with van der Waals surface area (Å²) >= 11 is 6.05.